The van der Waals surface area contributed by atoms with E-state index in [0.717, 1.165) is 13.0 Å². The second kappa shape index (κ2) is 5.44. The van der Waals surface area contributed by atoms with E-state index in [2.05, 4.69) is 26.1 Å². The third-order valence-electron chi connectivity index (χ3n) is 3.77. The van der Waals surface area contributed by atoms with Gasteiger partial charge in [0.15, 0.2) is 0 Å². The van der Waals surface area contributed by atoms with Crippen molar-refractivity contribution in [3.8, 4) is 0 Å². The van der Waals surface area contributed by atoms with Crippen LogP contribution in [0.1, 0.15) is 46.5 Å². The lowest BCUT2D eigenvalue weighted by atomic mass is 9.87. The van der Waals surface area contributed by atoms with Crippen LogP contribution in [0.2, 0.25) is 0 Å². The van der Waals surface area contributed by atoms with Gasteiger partial charge >= 0.3 is 0 Å². The van der Waals surface area contributed by atoms with Gasteiger partial charge in [-0.2, -0.15) is 0 Å². The van der Waals surface area contributed by atoms with E-state index in [1.807, 2.05) is 0 Å². The third kappa shape index (κ3) is 3.87. The second-order valence-electron chi connectivity index (χ2n) is 5.49. The van der Waals surface area contributed by atoms with Crippen LogP contribution in [0.5, 0.6) is 0 Å². The standard InChI is InChI=1S/C12H25NOS/c1-10(15(4)14)7-9-13-11-6-5-8-12(11,2)3/h10-11,13H,5-9H2,1-4H3. The Morgan fingerprint density at radius 1 is 1.53 bits per heavy atom. The Hall–Kier alpha value is 0.110. The monoisotopic (exact) mass is 231 g/mol. The Kier molecular flexibility index (Phi) is 4.78. The van der Waals surface area contributed by atoms with Crippen molar-refractivity contribution in [2.24, 2.45) is 5.41 Å². The van der Waals surface area contributed by atoms with E-state index in [-0.39, 0.29) is 0 Å². The van der Waals surface area contributed by atoms with Crippen LogP contribution in [0.15, 0.2) is 0 Å². The number of rotatable bonds is 5. The fourth-order valence-corrected chi connectivity index (χ4v) is 2.78. The van der Waals surface area contributed by atoms with Crippen LogP contribution < -0.4 is 5.32 Å². The maximum absolute atomic E-state index is 11.2. The predicted octanol–water partition coefficient (Wildman–Crippen LogP) is 2.31. The largest absolute Gasteiger partial charge is 0.313 e. The van der Waals surface area contributed by atoms with Gasteiger partial charge in [-0.3, -0.25) is 4.21 Å². The van der Waals surface area contributed by atoms with Gasteiger partial charge in [0.05, 0.1) is 0 Å². The molecule has 0 aromatic carbocycles. The predicted molar refractivity (Wildman–Crippen MR) is 67.6 cm³/mol. The van der Waals surface area contributed by atoms with Crippen LogP contribution in [-0.4, -0.2) is 28.3 Å². The molecule has 0 spiro atoms. The van der Waals surface area contributed by atoms with Crippen molar-refractivity contribution in [1.29, 1.82) is 0 Å². The zero-order chi connectivity index (χ0) is 11.5. The third-order valence-corrected chi connectivity index (χ3v) is 5.13. The van der Waals surface area contributed by atoms with Crippen LogP contribution >= 0.6 is 0 Å². The molecular weight excluding hydrogens is 206 g/mol. The highest BCUT2D eigenvalue weighted by Crippen LogP contribution is 2.37. The van der Waals surface area contributed by atoms with E-state index in [9.17, 15) is 4.21 Å². The zero-order valence-electron chi connectivity index (χ0n) is 10.5. The first-order chi connectivity index (χ1) is 6.93. The minimum atomic E-state index is -0.673. The molecule has 3 heteroatoms. The van der Waals surface area contributed by atoms with Crippen molar-refractivity contribution >= 4 is 10.8 Å². The van der Waals surface area contributed by atoms with Gasteiger partial charge in [-0.15, -0.1) is 0 Å². The van der Waals surface area contributed by atoms with E-state index < -0.39 is 10.8 Å². The van der Waals surface area contributed by atoms with Crippen LogP contribution in [0.3, 0.4) is 0 Å². The Morgan fingerprint density at radius 3 is 2.67 bits per heavy atom. The molecule has 2 nitrogen and oxygen atoms in total. The Labute approximate surface area is 96.7 Å². The number of hydrogen-bond acceptors (Lipinski definition) is 2. The molecule has 1 rings (SSSR count). The van der Waals surface area contributed by atoms with Gasteiger partial charge in [0, 0.05) is 28.3 Å². The molecule has 90 valence electrons. The average molecular weight is 231 g/mol. The first kappa shape index (κ1) is 13.2. The van der Waals surface area contributed by atoms with E-state index in [0.29, 0.717) is 16.7 Å². The van der Waals surface area contributed by atoms with Gasteiger partial charge in [-0.1, -0.05) is 27.2 Å². The Balaban J connectivity index is 2.23. The quantitative estimate of drug-likeness (QED) is 0.787. The van der Waals surface area contributed by atoms with Crippen molar-refractivity contribution in [2.75, 3.05) is 12.8 Å². The average Bonchev–Trinajstić information content (AvgIpc) is 2.45. The highest BCUT2D eigenvalue weighted by Gasteiger charge is 2.33. The molecule has 0 radical (unpaired) electrons. The summed E-state index contributed by atoms with van der Waals surface area (Å²) in [7, 11) is -0.673. The highest BCUT2D eigenvalue weighted by atomic mass is 32.2. The molecule has 0 aromatic rings. The van der Waals surface area contributed by atoms with Crippen molar-refractivity contribution in [3.05, 3.63) is 0 Å². The van der Waals surface area contributed by atoms with E-state index >= 15 is 0 Å². The number of nitrogens with one attached hydrogen (secondary N) is 1. The summed E-state index contributed by atoms with van der Waals surface area (Å²) in [6.07, 6.45) is 6.80. The van der Waals surface area contributed by atoms with E-state index in [1.54, 1.807) is 6.26 Å². The summed E-state index contributed by atoms with van der Waals surface area (Å²) >= 11 is 0. The molecule has 3 unspecified atom stereocenters. The minimum Gasteiger partial charge on any atom is -0.313 e. The summed E-state index contributed by atoms with van der Waals surface area (Å²) in [5, 5.41) is 3.94. The molecule has 3 atom stereocenters. The molecule has 1 aliphatic carbocycles. The summed E-state index contributed by atoms with van der Waals surface area (Å²) in [5.74, 6) is 0. The zero-order valence-corrected chi connectivity index (χ0v) is 11.3. The lowest BCUT2D eigenvalue weighted by Gasteiger charge is -2.28. The summed E-state index contributed by atoms with van der Waals surface area (Å²) < 4.78 is 11.2. The van der Waals surface area contributed by atoms with Crippen LogP contribution in [0, 0.1) is 5.41 Å². The van der Waals surface area contributed by atoms with Crippen LogP contribution in [-0.2, 0) is 10.8 Å². The summed E-state index contributed by atoms with van der Waals surface area (Å²) in [6.45, 7) is 7.77. The normalized spacial score (nSPS) is 28.9. The lowest BCUT2D eigenvalue weighted by Crippen LogP contribution is -2.39. The van der Waals surface area contributed by atoms with Crippen molar-refractivity contribution in [1.82, 2.24) is 5.32 Å². The molecule has 15 heavy (non-hydrogen) atoms. The fraction of sp³-hybridized carbons (Fsp3) is 1.00. The maximum Gasteiger partial charge on any atom is 0.0329 e. The van der Waals surface area contributed by atoms with Crippen molar-refractivity contribution in [2.45, 2.75) is 57.7 Å². The molecule has 0 bridgehead atoms. The second-order valence-corrected chi connectivity index (χ2v) is 7.29. The molecule has 0 amide bonds. The minimum absolute atomic E-state index is 0.321. The smallest absolute Gasteiger partial charge is 0.0329 e. The summed E-state index contributed by atoms with van der Waals surface area (Å²) in [6, 6.07) is 0.662. The summed E-state index contributed by atoms with van der Waals surface area (Å²) in [4.78, 5) is 0. The van der Waals surface area contributed by atoms with Gasteiger partial charge in [0.1, 0.15) is 0 Å². The molecule has 0 aromatic heterocycles. The van der Waals surface area contributed by atoms with Gasteiger partial charge in [0.2, 0.25) is 0 Å². The fourth-order valence-electron chi connectivity index (χ4n) is 2.33. The molecule has 1 N–H and O–H groups in total. The van der Waals surface area contributed by atoms with Gasteiger partial charge in [-0.25, -0.2) is 0 Å². The van der Waals surface area contributed by atoms with Crippen LogP contribution in [0.4, 0.5) is 0 Å². The molecule has 1 saturated carbocycles. The first-order valence-electron chi connectivity index (χ1n) is 5.99. The molecule has 0 aliphatic heterocycles. The first-order valence-corrected chi connectivity index (χ1v) is 7.61. The Morgan fingerprint density at radius 2 is 2.20 bits per heavy atom. The van der Waals surface area contributed by atoms with Crippen molar-refractivity contribution in [3.63, 3.8) is 0 Å². The van der Waals surface area contributed by atoms with Gasteiger partial charge < -0.3 is 5.32 Å². The van der Waals surface area contributed by atoms with E-state index in [4.69, 9.17) is 0 Å². The topological polar surface area (TPSA) is 29.1 Å². The molecule has 1 fully saturated rings. The van der Waals surface area contributed by atoms with E-state index in [1.165, 1.54) is 19.3 Å². The van der Waals surface area contributed by atoms with Crippen LogP contribution in [0.25, 0.3) is 0 Å². The summed E-state index contributed by atoms with van der Waals surface area (Å²) in [5.41, 5.74) is 0.453. The van der Waals surface area contributed by atoms with Crippen molar-refractivity contribution < 1.29 is 4.21 Å². The van der Waals surface area contributed by atoms with Gasteiger partial charge in [-0.05, 0) is 31.2 Å². The lowest BCUT2D eigenvalue weighted by molar-refractivity contribution is 0.283. The number of hydrogen-bond donors (Lipinski definition) is 1. The molecule has 1 aliphatic rings. The Bertz CT molecular complexity index is 228. The highest BCUT2D eigenvalue weighted by molar-refractivity contribution is 7.84. The maximum atomic E-state index is 11.2. The molecule has 0 heterocycles. The molecule has 0 saturated heterocycles. The SMILES string of the molecule is CC(CCNC1CCCC1(C)C)S(C)=O. The van der Waals surface area contributed by atoms with Gasteiger partial charge in [0.25, 0.3) is 0 Å². The molecular formula is C12H25NOS.